The minimum Gasteiger partial charge on any atom is -0.481 e. The van der Waals surface area contributed by atoms with Crippen LogP contribution in [0.4, 0.5) is 16.3 Å². The van der Waals surface area contributed by atoms with E-state index in [-0.39, 0.29) is 12.5 Å². The fraction of sp³-hybridized carbons (Fsp3) is 0.632. The lowest BCUT2D eigenvalue weighted by Gasteiger charge is -2.35. The molecule has 2 amide bonds. The van der Waals surface area contributed by atoms with Crippen molar-refractivity contribution in [3.05, 3.63) is 17.8 Å². The molecule has 7 nitrogen and oxygen atoms in total. The van der Waals surface area contributed by atoms with E-state index in [1.165, 1.54) is 19.3 Å². The normalized spacial score (nSPS) is 17.7. The monoisotopic (exact) mass is 362 g/mol. The molecule has 0 aliphatic carbocycles. The number of carbonyl (C=O) groups excluding carboxylic acids is 1. The van der Waals surface area contributed by atoms with Crippen LogP contribution in [0.1, 0.15) is 58.4 Å². The van der Waals surface area contributed by atoms with Crippen molar-refractivity contribution in [2.24, 2.45) is 0 Å². The van der Waals surface area contributed by atoms with Crippen LogP contribution in [0.3, 0.4) is 0 Å². The van der Waals surface area contributed by atoms with Gasteiger partial charge in [0.05, 0.1) is 11.9 Å². The predicted octanol–water partition coefficient (Wildman–Crippen LogP) is 3.53. The molecule has 0 saturated carbocycles. The number of urea groups is 1. The van der Waals surface area contributed by atoms with Gasteiger partial charge in [0, 0.05) is 24.5 Å². The number of amides is 2. The van der Waals surface area contributed by atoms with Gasteiger partial charge < -0.3 is 20.6 Å². The van der Waals surface area contributed by atoms with Gasteiger partial charge in [0.15, 0.2) is 0 Å². The first-order chi connectivity index (χ1) is 12.2. The summed E-state index contributed by atoms with van der Waals surface area (Å²) < 4.78 is 0. The third-order valence-corrected chi connectivity index (χ3v) is 4.80. The molecule has 1 aromatic rings. The van der Waals surface area contributed by atoms with E-state index >= 15 is 0 Å². The lowest BCUT2D eigenvalue weighted by molar-refractivity contribution is -0.137. The average molecular weight is 362 g/mol. The number of nitrogens with one attached hydrogen (secondary N) is 2. The van der Waals surface area contributed by atoms with Crippen molar-refractivity contribution >= 4 is 23.5 Å². The zero-order valence-electron chi connectivity index (χ0n) is 16.1. The second-order valence-electron chi connectivity index (χ2n) is 7.76. The van der Waals surface area contributed by atoms with Crippen LogP contribution in [-0.2, 0) is 4.79 Å². The Morgan fingerprint density at radius 2 is 2.12 bits per heavy atom. The summed E-state index contributed by atoms with van der Waals surface area (Å²) in [4.78, 5) is 29.8. The molecule has 0 spiro atoms. The van der Waals surface area contributed by atoms with Crippen LogP contribution in [0.25, 0.3) is 0 Å². The Morgan fingerprint density at radius 1 is 1.38 bits per heavy atom. The first-order valence-corrected chi connectivity index (χ1v) is 9.22. The summed E-state index contributed by atoms with van der Waals surface area (Å²) in [7, 11) is 0. The van der Waals surface area contributed by atoms with Gasteiger partial charge in [-0.05, 0) is 65.0 Å². The van der Waals surface area contributed by atoms with Crippen LogP contribution >= 0.6 is 0 Å². The second kappa shape index (κ2) is 8.38. The number of hydrogen-bond donors (Lipinski definition) is 3. The summed E-state index contributed by atoms with van der Waals surface area (Å²) in [5.41, 5.74) is 1.05. The summed E-state index contributed by atoms with van der Waals surface area (Å²) in [6.45, 7) is 8.85. The smallest absolute Gasteiger partial charge is 0.319 e. The van der Waals surface area contributed by atoms with Crippen molar-refractivity contribution < 1.29 is 14.7 Å². The second-order valence-corrected chi connectivity index (χ2v) is 7.76. The number of hydrogen-bond acceptors (Lipinski definition) is 4. The maximum absolute atomic E-state index is 12.2. The SMILES string of the molecule is Cc1cc(NC(=O)NC(C)(C)CCC(=O)O)cnc1N1CCCCC1C. The molecule has 1 aliphatic rings. The standard InChI is InChI=1S/C19H30N4O3/c1-13-11-15(12-20-17(13)23-10-6-5-7-14(23)2)21-18(26)22-19(3,4)9-8-16(24)25/h11-12,14H,5-10H2,1-4H3,(H,24,25)(H2,21,22,26). The van der Waals surface area contributed by atoms with Crippen LogP contribution in [0, 0.1) is 6.92 Å². The Labute approximate surface area is 155 Å². The van der Waals surface area contributed by atoms with Gasteiger partial charge in [0.25, 0.3) is 0 Å². The van der Waals surface area contributed by atoms with E-state index in [0.29, 0.717) is 18.2 Å². The molecule has 2 rings (SSSR count). The van der Waals surface area contributed by atoms with Crippen molar-refractivity contribution in [2.75, 3.05) is 16.8 Å². The number of aromatic nitrogens is 1. The summed E-state index contributed by atoms with van der Waals surface area (Å²) in [5.74, 6) is 0.104. The highest BCUT2D eigenvalue weighted by Crippen LogP contribution is 2.27. The van der Waals surface area contributed by atoms with Crippen molar-refractivity contribution in [3.8, 4) is 0 Å². The predicted molar refractivity (Wildman–Crippen MR) is 103 cm³/mol. The number of aliphatic carboxylic acids is 1. The molecular formula is C19H30N4O3. The quantitative estimate of drug-likeness (QED) is 0.719. The highest BCUT2D eigenvalue weighted by molar-refractivity contribution is 5.89. The molecule has 1 aromatic heterocycles. The number of piperidine rings is 1. The fourth-order valence-electron chi connectivity index (χ4n) is 3.30. The number of carboxylic acid groups (broad SMARTS) is 1. The van der Waals surface area contributed by atoms with Gasteiger partial charge >= 0.3 is 12.0 Å². The van der Waals surface area contributed by atoms with E-state index in [0.717, 1.165) is 17.9 Å². The van der Waals surface area contributed by atoms with E-state index in [1.807, 2.05) is 13.0 Å². The van der Waals surface area contributed by atoms with Crippen LogP contribution in [0.2, 0.25) is 0 Å². The Morgan fingerprint density at radius 3 is 2.73 bits per heavy atom. The maximum atomic E-state index is 12.2. The van der Waals surface area contributed by atoms with Crippen molar-refractivity contribution in [3.63, 3.8) is 0 Å². The fourth-order valence-corrected chi connectivity index (χ4v) is 3.30. The van der Waals surface area contributed by atoms with Gasteiger partial charge in [-0.3, -0.25) is 4.79 Å². The summed E-state index contributed by atoms with van der Waals surface area (Å²) >= 11 is 0. The van der Waals surface area contributed by atoms with Gasteiger partial charge in [0.1, 0.15) is 5.82 Å². The van der Waals surface area contributed by atoms with E-state index in [4.69, 9.17) is 5.11 Å². The highest BCUT2D eigenvalue weighted by Gasteiger charge is 2.23. The molecule has 1 fully saturated rings. The Kier molecular flexibility index (Phi) is 6.45. The van der Waals surface area contributed by atoms with Crippen molar-refractivity contribution in [1.82, 2.24) is 10.3 Å². The third-order valence-electron chi connectivity index (χ3n) is 4.80. The molecule has 7 heteroatoms. The average Bonchev–Trinajstić information content (AvgIpc) is 2.54. The van der Waals surface area contributed by atoms with Crippen LogP contribution in [0.5, 0.6) is 0 Å². The molecule has 26 heavy (non-hydrogen) atoms. The van der Waals surface area contributed by atoms with Gasteiger partial charge in [-0.1, -0.05) is 0 Å². The molecule has 1 atom stereocenters. The zero-order chi connectivity index (χ0) is 19.3. The molecule has 0 bridgehead atoms. The summed E-state index contributed by atoms with van der Waals surface area (Å²) in [5, 5.41) is 14.4. The minimum absolute atomic E-state index is 0.0106. The molecule has 0 aromatic carbocycles. The molecular weight excluding hydrogens is 332 g/mol. The van der Waals surface area contributed by atoms with Crippen LogP contribution in [-0.4, -0.2) is 40.2 Å². The van der Waals surface area contributed by atoms with Crippen molar-refractivity contribution in [2.45, 2.75) is 71.4 Å². The number of anilines is 2. The minimum atomic E-state index is -0.873. The number of pyridine rings is 1. The van der Waals surface area contributed by atoms with Crippen LogP contribution in [0.15, 0.2) is 12.3 Å². The summed E-state index contributed by atoms with van der Waals surface area (Å²) in [6, 6.07) is 2.04. The molecule has 1 saturated heterocycles. The first-order valence-electron chi connectivity index (χ1n) is 9.22. The Bertz CT molecular complexity index is 660. The number of rotatable bonds is 6. The van der Waals surface area contributed by atoms with Gasteiger partial charge in [0.2, 0.25) is 0 Å². The lowest BCUT2D eigenvalue weighted by atomic mass is 9.99. The zero-order valence-corrected chi connectivity index (χ0v) is 16.1. The number of carboxylic acids is 1. The van der Waals surface area contributed by atoms with Gasteiger partial charge in [-0.25, -0.2) is 9.78 Å². The summed E-state index contributed by atoms with van der Waals surface area (Å²) in [6.07, 6.45) is 5.66. The third kappa shape index (κ3) is 5.61. The largest absolute Gasteiger partial charge is 0.481 e. The number of aryl methyl sites for hydroxylation is 1. The topological polar surface area (TPSA) is 94.6 Å². The van der Waals surface area contributed by atoms with Gasteiger partial charge in [-0.15, -0.1) is 0 Å². The van der Waals surface area contributed by atoms with E-state index in [9.17, 15) is 9.59 Å². The van der Waals surface area contributed by atoms with E-state index in [2.05, 4.69) is 27.4 Å². The molecule has 2 heterocycles. The Hall–Kier alpha value is -2.31. The maximum Gasteiger partial charge on any atom is 0.319 e. The lowest BCUT2D eigenvalue weighted by Crippen LogP contribution is -2.45. The van der Waals surface area contributed by atoms with Crippen LogP contribution < -0.4 is 15.5 Å². The molecule has 0 radical (unpaired) electrons. The van der Waals surface area contributed by atoms with E-state index in [1.54, 1.807) is 20.0 Å². The van der Waals surface area contributed by atoms with Gasteiger partial charge in [-0.2, -0.15) is 0 Å². The Balaban J connectivity index is 1.98. The molecule has 3 N–H and O–H groups in total. The van der Waals surface area contributed by atoms with Crippen molar-refractivity contribution in [1.29, 1.82) is 0 Å². The first kappa shape index (κ1) is 20.0. The number of nitrogens with zero attached hydrogens (tertiary/aromatic N) is 2. The number of carbonyl (C=O) groups is 2. The highest BCUT2D eigenvalue weighted by atomic mass is 16.4. The molecule has 1 unspecified atom stereocenters. The molecule has 1 aliphatic heterocycles. The van der Waals surface area contributed by atoms with E-state index < -0.39 is 11.5 Å². The molecule has 144 valence electrons.